The average molecular weight is 220 g/mol. The van der Waals surface area contributed by atoms with E-state index in [4.69, 9.17) is 5.11 Å². The highest BCUT2D eigenvalue weighted by Gasteiger charge is 2.26. The Morgan fingerprint density at radius 1 is 1.31 bits per heavy atom. The minimum Gasteiger partial charge on any atom is -0.476 e. The number of carboxylic acids is 1. The van der Waals surface area contributed by atoms with E-state index in [-0.39, 0.29) is 11.3 Å². The van der Waals surface area contributed by atoms with E-state index in [1.807, 2.05) is 0 Å². The Morgan fingerprint density at radius 2 is 2.06 bits per heavy atom. The van der Waals surface area contributed by atoms with Gasteiger partial charge in [0.2, 0.25) is 0 Å². The van der Waals surface area contributed by atoms with E-state index in [0.29, 0.717) is 0 Å². The molecule has 1 aromatic rings. The molecule has 0 aliphatic carbocycles. The zero-order valence-electron chi connectivity index (χ0n) is 7.85. The van der Waals surface area contributed by atoms with Crippen LogP contribution in [0.5, 0.6) is 0 Å². The number of amides is 2. The quantitative estimate of drug-likeness (QED) is 0.815. The summed E-state index contributed by atoms with van der Waals surface area (Å²) in [6.45, 7) is 0. The Hall–Kier alpha value is -2.37. The van der Waals surface area contributed by atoms with E-state index in [9.17, 15) is 14.0 Å². The van der Waals surface area contributed by atoms with Crippen LogP contribution >= 0.6 is 0 Å². The molecule has 1 N–H and O–H groups in total. The summed E-state index contributed by atoms with van der Waals surface area (Å²) in [6, 6.07) is 4.26. The molecule has 1 aliphatic rings. The second kappa shape index (κ2) is 3.65. The third-order valence-corrected chi connectivity index (χ3v) is 1.94. The van der Waals surface area contributed by atoms with Crippen molar-refractivity contribution >= 4 is 23.4 Å². The van der Waals surface area contributed by atoms with Gasteiger partial charge in [-0.15, -0.1) is 0 Å². The highest BCUT2D eigenvalue weighted by molar-refractivity contribution is 6.71. The lowest BCUT2D eigenvalue weighted by molar-refractivity contribution is -0.129. The first kappa shape index (κ1) is 10.2. The summed E-state index contributed by atoms with van der Waals surface area (Å²) < 4.78 is 12.9. The number of carbonyl (C=O) groups excluding carboxylic acids is 1. The molecule has 1 heterocycles. The molecule has 0 saturated carbocycles. The van der Waals surface area contributed by atoms with Gasteiger partial charge in [0.15, 0.2) is 5.71 Å². The molecule has 0 aromatic heterocycles. The zero-order chi connectivity index (χ0) is 11.7. The second-order valence-corrected chi connectivity index (χ2v) is 3.02. The number of urea groups is 1. The molecule has 0 atom stereocenters. The lowest BCUT2D eigenvalue weighted by Gasteiger charge is -2.00. The smallest absolute Gasteiger partial charge is 0.368 e. The van der Waals surface area contributed by atoms with Gasteiger partial charge in [0.1, 0.15) is 11.5 Å². The third-order valence-electron chi connectivity index (χ3n) is 1.94. The first-order valence-electron chi connectivity index (χ1n) is 4.29. The Morgan fingerprint density at radius 3 is 2.69 bits per heavy atom. The Bertz CT molecular complexity index is 549. The molecule has 1 aromatic carbocycles. The fraction of sp³-hybridized carbons (Fsp3) is 0. The molecule has 0 bridgehead atoms. The van der Waals surface area contributed by atoms with E-state index < -0.39 is 23.5 Å². The summed E-state index contributed by atoms with van der Waals surface area (Å²) in [6.07, 6.45) is 0. The molecular weight excluding hydrogens is 215 g/mol. The van der Waals surface area contributed by atoms with E-state index >= 15 is 0 Å². The summed E-state index contributed by atoms with van der Waals surface area (Å²) in [5.74, 6) is -1.90. The predicted octanol–water partition coefficient (Wildman–Crippen LogP) is 1.27. The number of carboxylic acid groups (broad SMARTS) is 1. The number of nitrogens with zero attached hydrogens (tertiary/aromatic N) is 2. The summed E-state index contributed by atoms with van der Waals surface area (Å²) in [4.78, 5) is 28.3. The minimum absolute atomic E-state index is 0.114. The van der Waals surface area contributed by atoms with Crippen LogP contribution in [0, 0.1) is 5.82 Å². The number of carbonyl (C=O) groups is 2. The van der Waals surface area contributed by atoms with Crippen molar-refractivity contribution in [3.05, 3.63) is 35.6 Å². The molecule has 0 fully saturated rings. The number of benzene rings is 1. The van der Waals surface area contributed by atoms with Gasteiger partial charge in [0.05, 0.1) is 0 Å². The van der Waals surface area contributed by atoms with Crippen molar-refractivity contribution in [1.82, 2.24) is 0 Å². The van der Waals surface area contributed by atoms with Crippen LogP contribution in [-0.2, 0) is 4.79 Å². The molecule has 2 amide bonds. The molecule has 5 nitrogen and oxygen atoms in total. The van der Waals surface area contributed by atoms with Crippen LogP contribution in [0.4, 0.5) is 9.18 Å². The predicted molar refractivity (Wildman–Crippen MR) is 53.4 cm³/mol. The lowest BCUT2D eigenvalue weighted by atomic mass is 10.1. The molecule has 6 heteroatoms. The summed E-state index contributed by atoms with van der Waals surface area (Å²) in [7, 11) is 0. The Balaban J connectivity index is 2.50. The molecule has 80 valence electrons. The topological polar surface area (TPSA) is 79.1 Å². The third kappa shape index (κ3) is 1.72. The number of aliphatic imine (C=N–C) groups is 2. The van der Waals surface area contributed by atoms with Crippen molar-refractivity contribution in [2.75, 3.05) is 0 Å². The fourth-order valence-electron chi connectivity index (χ4n) is 1.31. The maximum Gasteiger partial charge on any atom is 0.368 e. The monoisotopic (exact) mass is 220 g/mol. The minimum atomic E-state index is -1.37. The molecule has 2 rings (SSSR count). The van der Waals surface area contributed by atoms with Crippen molar-refractivity contribution in [3.63, 3.8) is 0 Å². The summed E-state index contributed by atoms with van der Waals surface area (Å²) in [5.41, 5.74) is -0.361. The van der Waals surface area contributed by atoms with E-state index in [2.05, 4.69) is 9.98 Å². The number of aliphatic carboxylic acids is 1. The first-order chi connectivity index (χ1) is 7.58. The SMILES string of the molecule is O=C1N=C(C(=O)O)C(c2cccc(F)c2)=N1. The molecule has 0 unspecified atom stereocenters. The molecule has 0 spiro atoms. The number of rotatable bonds is 2. The summed E-state index contributed by atoms with van der Waals surface area (Å²) in [5, 5.41) is 8.77. The van der Waals surface area contributed by atoms with Gasteiger partial charge in [-0.25, -0.2) is 14.0 Å². The van der Waals surface area contributed by atoms with Gasteiger partial charge < -0.3 is 5.11 Å². The maximum atomic E-state index is 12.9. The van der Waals surface area contributed by atoms with E-state index in [1.165, 1.54) is 18.2 Å². The van der Waals surface area contributed by atoms with Gasteiger partial charge in [-0.3, -0.25) is 0 Å². The fourth-order valence-corrected chi connectivity index (χ4v) is 1.31. The molecule has 0 radical (unpaired) electrons. The van der Waals surface area contributed by atoms with Crippen LogP contribution in [0.2, 0.25) is 0 Å². The van der Waals surface area contributed by atoms with Gasteiger partial charge in [0, 0.05) is 5.56 Å². The molecule has 0 saturated heterocycles. The van der Waals surface area contributed by atoms with E-state index in [1.54, 1.807) is 0 Å². The van der Waals surface area contributed by atoms with Crippen LogP contribution in [0.25, 0.3) is 0 Å². The normalized spacial score (nSPS) is 14.7. The van der Waals surface area contributed by atoms with E-state index in [0.717, 1.165) is 6.07 Å². The van der Waals surface area contributed by atoms with Crippen LogP contribution in [0.1, 0.15) is 5.56 Å². The Kier molecular flexibility index (Phi) is 2.32. The van der Waals surface area contributed by atoms with Crippen LogP contribution in [-0.4, -0.2) is 28.5 Å². The molecule has 16 heavy (non-hydrogen) atoms. The highest BCUT2D eigenvalue weighted by Crippen LogP contribution is 2.11. The Labute approximate surface area is 89.0 Å². The average Bonchev–Trinajstić information content (AvgIpc) is 2.60. The van der Waals surface area contributed by atoms with Gasteiger partial charge >= 0.3 is 12.0 Å². The lowest BCUT2D eigenvalue weighted by Crippen LogP contribution is -2.22. The molecule has 1 aliphatic heterocycles. The summed E-state index contributed by atoms with van der Waals surface area (Å²) >= 11 is 0. The first-order valence-corrected chi connectivity index (χ1v) is 4.29. The number of hydrogen-bond donors (Lipinski definition) is 1. The van der Waals surface area contributed by atoms with Gasteiger partial charge in [-0.2, -0.15) is 9.98 Å². The standard InChI is InChI=1S/C10H5FN2O3/c11-6-3-1-2-5(4-6)7-8(9(14)15)13-10(16)12-7/h1-4H,(H,14,15). The van der Waals surface area contributed by atoms with Crippen LogP contribution in [0.3, 0.4) is 0 Å². The second-order valence-electron chi connectivity index (χ2n) is 3.02. The van der Waals surface area contributed by atoms with Crippen molar-refractivity contribution in [2.24, 2.45) is 9.98 Å². The van der Waals surface area contributed by atoms with Gasteiger partial charge in [0.25, 0.3) is 0 Å². The van der Waals surface area contributed by atoms with Crippen molar-refractivity contribution in [1.29, 1.82) is 0 Å². The van der Waals surface area contributed by atoms with Crippen LogP contribution < -0.4 is 0 Å². The van der Waals surface area contributed by atoms with Crippen molar-refractivity contribution in [2.45, 2.75) is 0 Å². The number of hydrogen-bond acceptors (Lipinski definition) is 2. The van der Waals surface area contributed by atoms with Gasteiger partial charge in [-0.1, -0.05) is 12.1 Å². The van der Waals surface area contributed by atoms with Crippen molar-refractivity contribution < 1.29 is 19.1 Å². The zero-order valence-corrected chi connectivity index (χ0v) is 7.85. The maximum absolute atomic E-state index is 12.9. The number of halogens is 1. The van der Waals surface area contributed by atoms with Crippen molar-refractivity contribution in [3.8, 4) is 0 Å². The highest BCUT2D eigenvalue weighted by atomic mass is 19.1. The van der Waals surface area contributed by atoms with Crippen LogP contribution in [0.15, 0.2) is 34.3 Å². The largest absolute Gasteiger partial charge is 0.476 e. The van der Waals surface area contributed by atoms with Gasteiger partial charge in [-0.05, 0) is 12.1 Å². The molecular formula is C10H5FN2O3.